The Labute approximate surface area is 126 Å². The monoisotopic (exact) mass is 307 g/mol. The van der Waals surface area contributed by atoms with Gasteiger partial charge in [0.15, 0.2) is 5.06 Å². The van der Waals surface area contributed by atoms with E-state index in [1.807, 2.05) is 24.3 Å². The number of rotatable bonds is 2. The van der Waals surface area contributed by atoms with Gasteiger partial charge in [-0.1, -0.05) is 29.8 Å². The Hall–Kier alpha value is -1.69. The molecule has 1 aliphatic rings. The van der Waals surface area contributed by atoms with Crippen LogP contribution in [0, 0.1) is 0 Å². The second kappa shape index (κ2) is 5.60. The van der Waals surface area contributed by atoms with Crippen LogP contribution < -0.4 is 0 Å². The molecule has 0 spiro atoms. The maximum Gasteiger partial charge on any atom is 0.356 e. The molecule has 5 nitrogen and oxygen atoms in total. The van der Waals surface area contributed by atoms with Crippen molar-refractivity contribution in [2.45, 2.75) is 5.06 Å². The molecule has 2 heterocycles. The third-order valence-corrected chi connectivity index (χ3v) is 3.80. The van der Waals surface area contributed by atoms with Crippen LogP contribution in [0.2, 0.25) is 0 Å². The molecule has 110 valence electrons. The van der Waals surface area contributed by atoms with Crippen molar-refractivity contribution >= 4 is 28.5 Å². The fraction of sp³-hybridized carbons (Fsp3) is 0.333. The summed E-state index contributed by atoms with van der Waals surface area (Å²) < 4.78 is 15.7. The van der Waals surface area contributed by atoms with Gasteiger partial charge in [0.1, 0.15) is 5.69 Å². The summed E-state index contributed by atoms with van der Waals surface area (Å²) in [5.74, 6) is -0.472. The van der Waals surface area contributed by atoms with Gasteiger partial charge in [-0.3, -0.25) is 0 Å². The van der Waals surface area contributed by atoms with Gasteiger partial charge in [-0.25, -0.2) is 9.78 Å². The molecule has 0 bridgehead atoms. The Morgan fingerprint density at radius 1 is 1.33 bits per heavy atom. The van der Waals surface area contributed by atoms with Gasteiger partial charge in [0, 0.05) is 10.9 Å². The summed E-state index contributed by atoms with van der Waals surface area (Å²) in [6.45, 7) is 1.25. The molecule has 21 heavy (non-hydrogen) atoms. The lowest BCUT2D eigenvalue weighted by Gasteiger charge is -2.31. The van der Waals surface area contributed by atoms with Crippen LogP contribution >= 0.6 is 11.6 Å². The molecular weight excluding hydrogens is 294 g/mol. The number of carbonyl (C=O) groups excluding carboxylic acids is 1. The molecule has 1 unspecified atom stereocenters. The van der Waals surface area contributed by atoms with Crippen LogP contribution in [0.15, 0.2) is 30.3 Å². The van der Waals surface area contributed by atoms with Gasteiger partial charge in [0.2, 0.25) is 0 Å². The minimum absolute atomic E-state index is 0.256. The summed E-state index contributed by atoms with van der Waals surface area (Å²) in [5.41, 5.74) is 1.67. The van der Waals surface area contributed by atoms with Crippen molar-refractivity contribution in [3.8, 4) is 0 Å². The fourth-order valence-electron chi connectivity index (χ4n) is 2.24. The number of nitrogens with zero attached hydrogens (tertiary/aromatic N) is 1. The van der Waals surface area contributed by atoms with Crippen molar-refractivity contribution in [1.29, 1.82) is 0 Å². The van der Waals surface area contributed by atoms with Crippen molar-refractivity contribution < 1.29 is 19.0 Å². The number of pyridine rings is 1. The first-order valence-electron chi connectivity index (χ1n) is 6.53. The van der Waals surface area contributed by atoms with Gasteiger partial charge >= 0.3 is 5.97 Å². The predicted octanol–water partition coefficient (Wildman–Crippen LogP) is 2.46. The number of halogens is 1. The minimum atomic E-state index is -1.00. The number of alkyl halides is 1. The van der Waals surface area contributed by atoms with Crippen molar-refractivity contribution in [2.75, 3.05) is 26.9 Å². The second-order valence-electron chi connectivity index (χ2n) is 4.73. The highest BCUT2D eigenvalue weighted by Crippen LogP contribution is 2.34. The first kappa shape index (κ1) is 14.3. The molecule has 1 fully saturated rings. The van der Waals surface area contributed by atoms with Gasteiger partial charge < -0.3 is 14.2 Å². The number of fused-ring (bicyclic) bond motifs is 1. The van der Waals surface area contributed by atoms with Gasteiger partial charge in [-0.15, -0.1) is 0 Å². The highest BCUT2D eigenvalue weighted by atomic mass is 35.5. The third-order valence-electron chi connectivity index (χ3n) is 3.36. The highest BCUT2D eigenvalue weighted by molar-refractivity contribution is 6.23. The standard InChI is InChI=1S/C15H14ClNO4/c1-19-14(18)12-5-3-10-2-4-11(8-13(10)17-12)15(16)9-20-6-7-21-15/h2-5,8H,6-7,9H2,1H3. The Balaban J connectivity index is 2.03. The largest absolute Gasteiger partial charge is 0.464 e. The molecular formula is C15H14ClNO4. The van der Waals surface area contributed by atoms with Gasteiger partial charge in [-0.05, 0) is 12.1 Å². The molecule has 1 aromatic heterocycles. The summed E-state index contributed by atoms with van der Waals surface area (Å²) in [6.07, 6.45) is 0. The zero-order valence-corrected chi connectivity index (χ0v) is 12.2. The average molecular weight is 308 g/mol. The van der Waals surface area contributed by atoms with Crippen LogP contribution in [0.5, 0.6) is 0 Å². The van der Waals surface area contributed by atoms with E-state index >= 15 is 0 Å². The second-order valence-corrected chi connectivity index (χ2v) is 5.34. The van der Waals surface area contributed by atoms with E-state index in [0.29, 0.717) is 18.7 Å². The molecule has 1 aromatic carbocycles. The van der Waals surface area contributed by atoms with E-state index in [1.54, 1.807) is 6.07 Å². The first-order valence-corrected chi connectivity index (χ1v) is 6.90. The normalized spacial score (nSPS) is 22.2. The molecule has 2 aromatic rings. The highest BCUT2D eigenvalue weighted by Gasteiger charge is 2.34. The zero-order valence-electron chi connectivity index (χ0n) is 11.5. The van der Waals surface area contributed by atoms with E-state index in [2.05, 4.69) is 9.72 Å². The van der Waals surface area contributed by atoms with E-state index in [-0.39, 0.29) is 12.3 Å². The van der Waals surface area contributed by atoms with E-state index in [4.69, 9.17) is 21.1 Å². The molecule has 0 radical (unpaired) electrons. The van der Waals surface area contributed by atoms with Crippen molar-refractivity contribution in [3.63, 3.8) is 0 Å². The number of methoxy groups -OCH3 is 1. The van der Waals surface area contributed by atoms with Crippen LogP contribution in [-0.2, 0) is 19.3 Å². The molecule has 0 saturated carbocycles. The van der Waals surface area contributed by atoms with E-state index in [9.17, 15) is 4.79 Å². The minimum Gasteiger partial charge on any atom is -0.464 e. The van der Waals surface area contributed by atoms with Crippen LogP contribution in [-0.4, -0.2) is 37.9 Å². The topological polar surface area (TPSA) is 57.7 Å². The maximum atomic E-state index is 11.6. The van der Waals surface area contributed by atoms with E-state index < -0.39 is 11.0 Å². The number of esters is 1. The number of carbonyl (C=O) groups is 1. The summed E-state index contributed by atoms with van der Waals surface area (Å²) in [5, 5.41) is -0.0986. The molecule has 3 rings (SSSR count). The number of benzene rings is 1. The Bertz CT molecular complexity index is 682. The van der Waals surface area contributed by atoms with E-state index in [0.717, 1.165) is 10.9 Å². The first-order chi connectivity index (χ1) is 10.1. The van der Waals surface area contributed by atoms with E-state index in [1.165, 1.54) is 7.11 Å². The smallest absolute Gasteiger partial charge is 0.356 e. The summed E-state index contributed by atoms with van der Waals surface area (Å²) in [4.78, 5) is 15.9. The lowest BCUT2D eigenvalue weighted by molar-refractivity contribution is -0.116. The van der Waals surface area contributed by atoms with Crippen molar-refractivity contribution in [1.82, 2.24) is 4.98 Å². The Morgan fingerprint density at radius 3 is 2.86 bits per heavy atom. The van der Waals surface area contributed by atoms with Crippen LogP contribution in [0.25, 0.3) is 10.9 Å². The van der Waals surface area contributed by atoms with Crippen molar-refractivity contribution in [3.05, 3.63) is 41.6 Å². The molecule has 1 aliphatic heterocycles. The number of hydrogen-bond donors (Lipinski definition) is 0. The number of aromatic nitrogens is 1. The zero-order chi connectivity index (χ0) is 14.9. The molecule has 1 atom stereocenters. The number of ether oxygens (including phenoxy) is 3. The van der Waals surface area contributed by atoms with Gasteiger partial charge in [0.05, 0.1) is 32.4 Å². The Morgan fingerprint density at radius 2 is 2.14 bits per heavy atom. The lowest BCUT2D eigenvalue weighted by Crippen LogP contribution is -2.35. The average Bonchev–Trinajstić information content (AvgIpc) is 2.53. The van der Waals surface area contributed by atoms with Gasteiger partial charge in [0.25, 0.3) is 0 Å². The maximum absolute atomic E-state index is 11.6. The molecule has 1 saturated heterocycles. The van der Waals surface area contributed by atoms with Crippen LogP contribution in [0.4, 0.5) is 0 Å². The quantitative estimate of drug-likeness (QED) is 0.630. The third kappa shape index (κ3) is 2.72. The van der Waals surface area contributed by atoms with Crippen molar-refractivity contribution in [2.24, 2.45) is 0 Å². The van der Waals surface area contributed by atoms with Gasteiger partial charge in [-0.2, -0.15) is 0 Å². The van der Waals surface area contributed by atoms with Crippen LogP contribution in [0.1, 0.15) is 16.1 Å². The SMILES string of the molecule is COC(=O)c1ccc2ccc(C3(Cl)COCCO3)cc2n1. The molecule has 0 aliphatic carbocycles. The van der Waals surface area contributed by atoms with Crippen LogP contribution in [0.3, 0.4) is 0 Å². The summed E-state index contributed by atoms with van der Waals surface area (Å²) in [6, 6.07) is 9.02. The number of hydrogen-bond acceptors (Lipinski definition) is 5. The summed E-state index contributed by atoms with van der Waals surface area (Å²) >= 11 is 6.46. The Kier molecular flexibility index (Phi) is 3.80. The fourth-order valence-corrected chi connectivity index (χ4v) is 2.51. The lowest BCUT2D eigenvalue weighted by atomic mass is 10.1. The summed E-state index contributed by atoms with van der Waals surface area (Å²) in [7, 11) is 1.32. The molecule has 6 heteroatoms. The molecule has 0 N–H and O–H groups in total. The predicted molar refractivity (Wildman–Crippen MR) is 77.4 cm³/mol. The molecule has 0 amide bonds.